The molecule has 6 heteroatoms. The molecule has 0 aliphatic heterocycles. The Morgan fingerprint density at radius 2 is 2.31 bits per heavy atom. The molecule has 0 saturated heterocycles. The zero-order chi connectivity index (χ0) is 12.1. The third kappa shape index (κ3) is 2.94. The SMILES string of the molecule is C=C(C)C(=O)OCCc1n[nH]cc1C(=O)O. The highest BCUT2D eigenvalue weighted by Gasteiger charge is 2.13. The van der Waals surface area contributed by atoms with E-state index in [0.29, 0.717) is 11.3 Å². The molecule has 0 spiro atoms. The third-order valence-corrected chi connectivity index (χ3v) is 1.87. The number of H-pyrrole nitrogens is 1. The van der Waals surface area contributed by atoms with Crippen LogP contribution in [-0.4, -0.2) is 33.8 Å². The minimum absolute atomic E-state index is 0.0802. The first kappa shape index (κ1) is 12.0. The van der Waals surface area contributed by atoms with Gasteiger partial charge in [0.1, 0.15) is 5.56 Å². The Kier molecular flexibility index (Phi) is 3.82. The van der Waals surface area contributed by atoms with E-state index in [0.717, 1.165) is 0 Å². The van der Waals surface area contributed by atoms with Gasteiger partial charge in [-0.05, 0) is 6.92 Å². The summed E-state index contributed by atoms with van der Waals surface area (Å²) in [6, 6.07) is 0. The molecule has 1 aromatic rings. The predicted octanol–water partition coefficient (Wildman–Crippen LogP) is 0.770. The Balaban J connectivity index is 2.49. The maximum atomic E-state index is 11.0. The minimum atomic E-state index is -1.06. The summed E-state index contributed by atoms with van der Waals surface area (Å²) in [5.41, 5.74) is 0.758. The number of aromatic nitrogens is 2. The van der Waals surface area contributed by atoms with E-state index in [1.807, 2.05) is 0 Å². The molecule has 0 aliphatic rings. The summed E-state index contributed by atoms with van der Waals surface area (Å²) in [7, 11) is 0. The normalized spacial score (nSPS) is 9.81. The highest BCUT2D eigenvalue weighted by atomic mass is 16.5. The average molecular weight is 224 g/mol. The van der Waals surface area contributed by atoms with Crippen molar-refractivity contribution in [1.29, 1.82) is 0 Å². The lowest BCUT2D eigenvalue weighted by atomic mass is 10.2. The van der Waals surface area contributed by atoms with E-state index >= 15 is 0 Å². The number of aromatic amines is 1. The van der Waals surface area contributed by atoms with Gasteiger partial charge in [-0.3, -0.25) is 5.10 Å². The van der Waals surface area contributed by atoms with Crippen LogP contribution < -0.4 is 0 Å². The first-order chi connectivity index (χ1) is 7.52. The number of aromatic carboxylic acids is 1. The molecule has 0 saturated carbocycles. The Morgan fingerprint density at radius 1 is 1.62 bits per heavy atom. The number of carboxylic acids is 1. The Labute approximate surface area is 91.9 Å². The molecule has 0 bridgehead atoms. The maximum Gasteiger partial charge on any atom is 0.339 e. The van der Waals surface area contributed by atoms with Crippen LogP contribution >= 0.6 is 0 Å². The second-order valence-corrected chi connectivity index (χ2v) is 3.22. The number of hydrogen-bond acceptors (Lipinski definition) is 4. The zero-order valence-electron chi connectivity index (χ0n) is 8.82. The van der Waals surface area contributed by atoms with Crippen molar-refractivity contribution in [2.24, 2.45) is 0 Å². The van der Waals surface area contributed by atoms with Crippen LogP contribution in [0, 0.1) is 0 Å². The number of hydrogen-bond donors (Lipinski definition) is 2. The number of esters is 1. The number of carbonyl (C=O) groups excluding carboxylic acids is 1. The molecule has 2 N–H and O–H groups in total. The second kappa shape index (κ2) is 5.11. The first-order valence-electron chi connectivity index (χ1n) is 4.61. The van der Waals surface area contributed by atoms with Crippen molar-refractivity contribution in [3.63, 3.8) is 0 Å². The van der Waals surface area contributed by atoms with E-state index in [2.05, 4.69) is 16.8 Å². The fourth-order valence-electron chi connectivity index (χ4n) is 1.06. The van der Waals surface area contributed by atoms with Gasteiger partial charge in [0.25, 0.3) is 0 Å². The van der Waals surface area contributed by atoms with Gasteiger partial charge < -0.3 is 9.84 Å². The van der Waals surface area contributed by atoms with Crippen LogP contribution in [0.15, 0.2) is 18.3 Å². The van der Waals surface area contributed by atoms with Crippen molar-refractivity contribution in [1.82, 2.24) is 10.2 Å². The van der Waals surface area contributed by atoms with Crippen LogP contribution in [0.4, 0.5) is 0 Å². The number of carbonyl (C=O) groups is 2. The van der Waals surface area contributed by atoms with Crippen molar-refractivity contribution in [3.05, 3.63) is 29.6 Å². The summed E-state index contributed by atoms with van der Waals surface area (Å²) in [5, 5.41) is 15.0. The van der Waals surface area contributed by atoms with E-state index in [9.17, 15) is 9.59 Å². The smallest absolute Gasteiger partial charge is 0.339 e. The second-order valence-electron chi connectivity index (χ2n) is 3.22. The van der Waals surface area contributed by atoms with Crippen LogP contribution in [0.3, 0.4) is 0 Å². The Hall–Kier alpha value is -2.11. The first-order valence-corrected chi connectivity index (χ1v) is 4.61. The quantitative estimate of drug-likeness (QED) is 0.569. The number of ether oxygens (including phenoxy) is 1. The number of rotatable bonds is 5. The fourth-order valence-corrected chi connectivity index (χ4v) is 1.06. The molecule has 1 rings (SSSR count). The lowest BCUT2D eigenvalue weighted by molar-refractivity contribution is -0.138. The minimum Gasteiger partial charge on any atom is -0.478 e. The van der Waals surface area contributed by atoms with Gasteiger partial charge in [-0.15, -0.1) is 0 Å². The summed E-state index contributed by atoms with van der Waals surface area (Å²) < 4.78 is 4.83. The molecule has 0 atom stereocenters. The van der Waals surface area contributed by atoms with E-state index < -0.39 is 11.9 Å². The van der Waals surface area contributed by atoms with Crippen LogP contribution in [0.5, 0.6) is 0 Å². The van der Waals surface area contributed by atoms with Crippen LogP contribution in [0.1, 0.15) is 23.0 Å². The van der Waals surface area contributed by atoms with Crippen LogP contribution in [0.25, 0.3) is 0 Å². The third-order valence-electron chi connectivity index (χ3n) is 1.87. The molecule has 0 radical (unpaired) electrons. The fraction of sp³-hybridized carbons (Fsp3) is 0.300. The highest BCUT2D eigenvalue weighted by molar-refractivity contribution is 5.88. The molecule has 1 heterocycles. The van der Waals surface area contributed by atoms with Crippen LogP contribution in [-0.2, 0) is 16.0 Å². The number of nitrogens with one attached hydrogen (secondary N) is 1. The largest absolute Gasteiger partial charge is 0.478 e. The van der Waals surface area contributed by atoms with Crippen LogP contribution in [0.2, 0.25) is 0 Å². The molecule has 86 valence electrons. The van der Waals surface area contributed by atoms with Crippen molar-refractivity contribution < 1.29 is 19.4 Å². The molecular formula is C10H12N2O4. The average Bonchev–Trinajstić information content (AvgIpc) is 2.65. The van der Waals surface area contributed by atoms with Gasteiger partial charge in [0.15, 0.2) is 0 Å². The molecule has 0 fully saturated rings. The monoisotopic (exact) mass is 224 g/mol. The Bertz CT molecular complexity index is 422. The molecule has 0 aromatic carbocycles. The summed E-state index contributed by atoms with van der Waals surface area (Å²) in [6.45, 7) is 5.05. The molecule has 0 unspecified atom stereocenters. The molecule has 6 nitrogen and oxygen atoms in total. The van der Waals surface area contributed by atoms with Gasteiger partial charge >= 0.3 is 11.9 Å². The van der Waals surface area contributed by atoms with Crippen molar-refractivity contribution in [2.45, 2.75) is 13.3 Å². The standard InChI is InChI=1S/C10H12N2O4/c1-6(2)10(15)16-4-3-8-7(9(13)14)5-11-12-8/h5H,1,3-4H2,2H3,(H,11,12)(H,13,14). The number of carboxylic acid groups (broad SMARTS) is 1. The van der Waals surface area contributed by atoms with E-state index in [-0.39, 0.29) is 18.6 Å². The lowest BCUT2D eigenvalue weighted by Gasteiger charge is -2.02. The van der Waals surface area contributed by atoms with Crippen molar-refractivity contribution >= 4 is 11.9 Å². The summed E-state index contributed by atoms with van der Waals surface area (Å²) in [5.74, 6) is -1.55. The molecule has 0 aliphatic carbocycles. The molecule has 16 heavy (non-hydrogen) atoms. The van der Waals surface area contributed by atoms with Gasteiger partial charge in [-0.1, -0.05) is 6.58 Å². The number of nitrogens with zero attached hydrogens (tertiary/aromatic N) is 1. The summed E-state index contributed by atoms with van der Waals surface area (Å²) >= 11 is 0. The molecule has 1 aromatic heterocycles. The maximum absolute atomic E-state index is 11.0. The van der Waals surface area contributed by atoms with E-state index in [1.54, 1.807) is 6.92 Å². The lowest BCUT2D eigenvalue weighted by Crippen LogP contribution is -2.10. The predicted molar refractivity (Wildman–Crippen MR) is 55.0 cm³/mol. The van der Waals surface area contributed by atoms with Gasteiger partial charge in [-0.2, -0.15) is 5.10 Å². The van der Waals surface area contributed by atoms with Gasteiger partial charge in [0.05, 0.1) is 12.3 Å². The topological polar surface area (TPSA) is 92.3 Å². The molecule has 0 amide bonds. The van der Waals surface area contributed by atoms with Gasteiger partial charge in [0.2, 0.25) is 0 Å². The van der Waals surface area contributed by atoms with Crippen molar-refractivity contribution in [3.8, 4) is 0 Å². The zero-order valence-corrected chi connectivity index (χ0v) is 8.82. The summed E-state index contributed by atoms with van der Waals surface area (Å²) in [6.07, 6.45) is 1.54. The van der Waals surface area contributed by atoms with Crippen molar-refractivity contribution in [2.75, 3.05) is 6.61 Å². The summed E-state index contributed by atoms with van der Waals surface area (Å²) in [4.78, 5) is 21.7. The van der Waals surface area contributed by atoms with E-state index in [4.69, 9.17) is 9.84 Å². The Morgan fingerprint density at radius 3 is 2.88 bits per heavy atom. The van der Waals surface area contributed by atoms with E-state index in [1.165, 1.54) is 6.20 Å². The molecular weight excluding hydrogens is 212 g/mol. The van der Waals surface area contributed by atoms with Gasteiger partial charge in [0, 0.05) is 18.2 Å². The highest BCUT2D eigenvalue weighted by Crippen LogP contribution is 2.05. The van der Waals surface area contributed by atoms with Gasteiger partial charge in [-0.25, -0.2) is 9.59 Å².